The number of nitrogens with zero attached hydrogens (tertiary/aromatic N) is 2. The van der Waals surface area contributed by atoms with Crippen molar-refractivity contribution < 1.29 is 14.3 Å². The van der Waals surface area contributed by atoms with E-state index in [1.807, 2.05) is 0 Å². The van der Waals surface area contributed by atoms with Crippen LogP contribution in [0.3, 0.4) is 0 Å². The smallest absolute Gasteiger partial charge is 0.328 e. The molecule has 1 amide bonds. The number of hydrogen-bond acceptors (Lipinski definition) is 6. The Morgan fingerprint density at radius 2 is 2.12 bits per heavy atom. The number of aromatic nitrogens is 2. The van der Waals surface area contributed by atoms with Crippen LogP contribution in [-0.4, -0.2) is 33.1 Å². The van der Waals surface area contributed by atoms with Crippen molar-refractivity contribution in [3.63, 3.8) is 0 Å². The zero-order valence-electron chi connectivity index (χ0n) is 10.2. The third-order valence-corrected chi connectivity index (χ3v) is 2.36. The minimum absolute atomic E-state index is 0.361. The van der Waals surface area contributed by atoms with Crippen LogP contribution in [0.15, 0.2) is 6.20 Å². The summed E-state index contributed by atoms with van der Waals surface area (Å²) in [6.45, 7) is 6.88. The molecule has 0 radical (unpaired) electrons. The Hall–Kier alpha value is -1.50. The molecule has 1 N–H and O–H groups in total. The van der Waals surface area contributed by atoms with Crippen molar-refractivity contribution in [1.29, 1.82) is 0 Å². The average Bonchev–Trinajstić information content (AvgIpc) is 2.67. The molecule has 0 saturated heterocycles. The van der Waals surface area contributed by atoms with Gasteiger partial charge in [-0.05, 0) is 39.2 Å². The Morgan fingerprint density at radius 1 is 1.47 bits per heavy atom. The normalized spacial score (nSPS) is 12.9. The van der Waals surface area contributed by atoms with E-state index in [-0.39, 0.29) is 5.91 Å². The summed E-state index contributed by atoms with van der Waals surface area (Å²) in [5.74, 6) is -0.846. The summed E-state index contributed by atoms with van der Waals surface area (Å²) >= 11 is 0.973. The molecule has 1 atom stereocenters. The molecule has 0 aliphatic rings. The van der Waals surface area contributed by atoms with Gasteiger partial charge in [-0.25, -0.2) is 4.79 Å². The SMILES string of the molecule is C[C@H](NC(=O)c1cnns1)C(=O)OC(C)(C)C. The van der Waals surface area contributed by atoms with Crippen LogP contribution in [0.4, 0.5) is 0 Å². The van der Waals surface area contributed by atoms with Crippen LogP contribution >= 0.6 is 11.5 Å². The van der Waals surface area contributed by atoms with Crippen LogP contribution in [0.5, 0.6) is 0 Å². The predicted octanol–water partition coefficient (Wildman–Crippen LogP) is 0.998. The Kier molecular flexibility index (Phi) is 4.17. The van der Waals surface area contributed by atoms with Crippen molar-refractivity contribution in [2.75, 3.05) is 0 Å². The van der Waals surface area contributed by atoms with Crippen LogP contribution in [0.2, 0.25) is 0 Å². The van der Waals surface area contributed by atoms with E-state index in [0.29, 0.717) is 4.88 Å². The first-order valence-corrected chi connectivity index (χ1v) is 5.88. The molecule has 6 nitrogen and oxygen atoms in total. The highest BCUT2D eigenvalue weighted by molar-refractivity contribution is 7.07. The zero-order chi connectivity index (χ0) is 13.1. The van der Waals surface area contributed by atoms with Gasteiger partial charge in [0.25, 0.3) is 5.91 Å². The van der Waals surface area contributed by atoms with Gasteiger partial charge in [0.15, 0.2) is 0 Å². The number of nitrogens with one attached hydrogen (secondary N) is 1. The van der Waals surface area contributed by atoms with Gasteiger partial charge in [0.05, 0.1) is 6.20 Å². The summed E-state index contributed by atoms with van der Waals surface area (Å²) < 4.78 is 8.71. The molecular weight excluding hydrogens is 242 g/mol. The van der Waals surface area contributed by atoms with Crippen LogP contribution in [0, 0.1) is 0 Å². The van der Waals surface area contributed by atoms with E-state index in [4.69, 9.17) is 4.74 Å². The van der Waals surface area contributed by atoms with Crippen molar-refractivity contribution in [3.8, 4) is 0 Å². The van der Waals surface area contributed by atoms with Crippen molar-refractivity contribution >= 4 is 23.4 Å². The maximum Gasteiger partial charge on any atom is 0.328 e. The first-order valence-electron chi connectivity index (χ1n) is 5.10. The number of carbonyl (C=O) groups excluding carboxylic acids is 2. The highest BCUT2D eigenvalue weighted by atomic mass is 32.1. The molecule has 1 rings (SSSR count). The van der Waals surface area contributed by atoms with Crippen LogP contribution < -0.4 is 5.32 Å². The molecule has 7 heteroatoms. The molecule has 94 valence electrons. The van der Waals surface area contributed by atoms with Gasteiger partial charge in [-0.1, -0.05) is 4.49 Å². The first-order chi connectivity index (χ1) is 7.79. The number of amides is 1. The van der Waals surface area contributed by atoms with Crippen molar-refractivity contribution in [2.45, 2.75) is 39.3 Å². The second-order valence-corrected chi connectivity index (χ2v) is 5.30. The maximum atomic E-state index is 11.6. The molecule has 0 bridgehead atoms. The predicted molar refractivity (Wildman–Crippen MR) is 62.7 cm³/mol. The summed E-state index contributed by atoms with van der Waals surface area (Å²) in [5, 5.41) is 6.07. The summed E-state index contributed by atoms with van der Waals surface area (Å²) in [7, 11) is 0. The summed E-state index contributed by atoms with van der Waals surface area (Å²) in [6.07, 6.45) is 1.35. The minimum Gasteiger partial charge on any atom is -0.458 e. The van der Waals surface area contributed by atoms with E-state index in [0.717, 1.165) is 11.5 Å². The van der Waals surface area contributed by atoms with Gasteiger partial charge in [-0.2, -0.15) is 0 Å². The third kappa shape index (κ3) is 4.48. The summed E-state index contributed by atoms with van der Waals surface area (Å²) in [4.78, 5) is 23.6. The fourth-order valence-electron chi connectivity index (χ4n) is 0.984. The van der Waals surface area contributed by atoms with E-state index in [1.165, 1.54) is 6.20 Å². The lowest BCUT2D eigenvalue weighted by Gasteiger charge is -2.22. The highest BCUT2D eigenvalue weighted by Crippen LogP contribution is 2.09. The standard InChI is InChI=1S/C10H15N3O3S/c1-6(9(15)16-10(2,3)4)12-8(14)7-5-11-13-17-7/h5-6H,1-4H3,(H,12,14)/t6-/m0/s1. The summed E-state index contributed by atoms with van der Waals surface area (Å²) in [5.41, 5.74) is -0.567. The van der Waals surface area contributed by atoms with E-state index >= 15 is 0 Å². The molecule has 0 aromatic carbocycles. The average molecular weight is 257 g/mol. The lowest BCUT2D eigenvalue weighted by molar-refractivity contribution is -0.156. The number of carbonyl (C=O) groups is 2. The summed E-state index contributed by atoms with van der Waals surface area (Å²) in [6, 6.07) is -0.705. The Morgan fingerprint density at radius 3 is 2.59 bits per heavy atom. The van der Waals surface area contributed by atoms with Gasteiger partial charge in [0.1, 0.15) is 16.5 Å². The number of ether oxygens (including phenoxy) is 1. The molecule has 0 unspecified atom stereocenters. The lowest BCUT2D eigenvalue weighted by atomic mass is 10.2. The fourth-order valence-corrected chi connectivity index (χ4v) is 1.40. The second-order valence-electron chi connectivity index (χ2n) is 4.51. The van der Waals surface area contributed by atoms with Crippen LogP contribution in [-0.2, 0) is 9.53 Å². The van der Waals surface area contributed by atoms with Gasteiger partial charge in [-0.3, -0.25) is 4.79 Å². The van der Waals surface area contributed by atoms with E-state index < -0.39 is 17.6 Å². The second kappa shape index (κ2) is 5.22. The first kappa shape index (κ1) is 13.6. The monoisotopic (exact) mass is 257 g/mol. The van der Waals surface area contributed by atoms with Crippen LogP contribution in [0.1, 0.15) is 37.4 Å². The highest BCUT2D eigenvalue weighted by Gasteiger charge is 2.23. The number of esters is 1. The van der Waals surface area contributed by atoms with Crippen molar-refractivity contribution in [1.82, 2.24) is 14.9 Å². The third-order valence-electron chi connectivity index (χ3n) is 1.69. The van der Waals surface area contributed by atoms with Gasteiger partial charge in [-0.15, -0.1) is 5.10 Å². The topological polar surface area (TPSA) is 81.2 Å². The Bertz CT molecular complexity index is 397. The van der Waals surface area contributed by atoms with Gasteiger partial charge in [0, 0.05) is 0 Å². The van der Waals surface area contributed by atoms with Gasteiger partial charge < -0.3 is 10.1 Å². The molecule has 0 aliphatic heterocycles. The minimum atomic E-state index is -0.705. The van der Waals surface area contributed by atoms with E-state index in [1.54, 1.807) is 27.7 Å². The van der Waals surface area contributed by atoms with Gasteiger partial charge >= 0.3 is 5.97 Å². The number of rotatable bonds is 3. The molecule has 0 aliphatic carbocycles. The molecule has 1 heterocycles. The molecule has 0 spiro atoms. The van der Waals surface area contributed by atoms with Gasteiger partial charge in [0.2, 0.25) is 0 Å². The maximum absolute atomic E-state index is 11.6. The lowest BCUT2D eigenvalue weighted by Crippen LogP contribution is -2.42. The molecule has 0 fully saturated rings. The number of hydrogen-bond donors (Lipinski definition) is 1. The quantitative estimate of drug-likeness (QED) is 0.817. The Balaban J connectivity index is 2.52. The molecule has 0 saturated carbocycles. The van der Waals surface area contributed by atoms with E-state index in [2.05, 4.69) is 14.9 Å². The Labute approximate surface area is 104 Å². The molecule has 17 heavy (non-hydrogen) atoms. The molecular formula is C10H15N3O3S. The zero-order valence-corrected chi connectivity index (χ0v) is 11.0. The molecule has 1 aromatic rings. The van der Waals surface area contributed by atoms with Crippen LogP contribution in [0.25, 0.3) is 0 Å². The largest absolute Gasteiger partial charge is 0.458 e. The van der Waals surface area contributed by atoms with Crippen molar-refractivity contribution in [2.24, 2.45) is 0 Å². The molecule has 1 aromatic heterocycles. The van der Waals surface area contributed by atoms with Crippen molar-refractivity contribution in [3.05, 3.63) is 11.1 Å². The fraction of sp³-hybridized carbons (Fsp3) is 0.600. The van der Waals surface area contributed by atoms with E-state index in [9.17, 15) is 9.59 Å².